The first-order valence-electron chi connectivity index (χ1n) is 12.8. The highest BCUT2D eigenvalue weighted by Gasteiger charge is 2.22. The van der Waals surface area contributed by atoms with Gasteiger partial charge in [0.15, 0.2) is 11.4 Å². The van der Waals surface area contributed by atoms with E-state index in [1.807, 2.05) is 10.8 Å². The van der Waals surface area contributed by atoms with E-state index < -0.39 is 27.6 Å². The molecular formula is C30H26ClN3O8S. The average Bonchev–Trinajstić information content (AvgIpc) is 3.00. The van der Waals surface area contributed by atoms with Gasteiger partial charge in [0.05, 0.1) is 28.2 Å². The molecule has 0 spiro atoms. The third kappa shape index (κ3) is 8.09. The minimum atomic E-state index is -4.28. The van der Waals surface area contributed by atoms with Gasteiger partial charge in [-0.25, -0.2) is 22.9 Å². The maximum absolute atomic E-state index is 12.9. The topological polar surface area (TPSA) is 161 Å². The molecule has 0 atom stereocenters. The van der Waals surface area contributed by atoms with Gasteiger partial charge in [-0.2, -0.15) is 0 Å². The number of carbonyl (C=O) groups excluding carboxylic acids is 2. The Balaban J connectivity index is 1.38. The molecule has 11 nitrogen and oxygen atoms in total. The summed E-state index contributed by atoms with van der Waals surface area (Å²) < 4.78 is 38.4. The van der Waals surface area contributed by atoms with Crippen LogP contribution in [0.1, 0.15) is 42.3 Å². The fourth-order valence-electron chi connectivity index (χ4n) is 3.87. The molecule has 0 fully saturated rings. The van der Waals surface area contributed by atoms with Crippen molar-refractivity contribution < 1.29 is 37.4 Å². The molecule has 0 aliphatic carbocycles. The van der Waals surface area contributed by atoms with Crippen molar-refractivity contribution in [3.05, 3.63) is 118 Å². The minimum absolute atomic E-state index is 0.0109. The predicted molar refractivity (Wildman–Crippen MR) is 157 cm³/mol. The normalized spacial score (nSPS) is 10.9. The standard InChI is InChI=1S/C30H26ClN3O8S/c1-41-22-9-12-25(31)24(16-22)29(36)32-14-13-19-7-10-23(11-8-19)43(39,40)34-28(35)21-15-26(27(30(37)38)33-17-21)42-18-20-5-3-2-4-6-20/h2-12,15-17H,13-14,18H2,1H3,(H,32,36)(H,34,35)(H,37,38). The Morgan fingerprint density at radius 3 is 2.33 bits per heavy atom. The van der Waals surface area contributed by atoms with Gasteiger partial charge in [0.25, 0.3) is 21.8 Å². The Labute approximate surface area is 252 Å². The van der Waals surface area contributed by atoms with E-state index in [2.05, 4.69) is 10.3 Å². The largest absolute Gasteiger partial charge is 0.497 e. The lowest BCUT2D eigenvalue weighted by atomic mass is 10.1. The highest BCUT2D eigenvalue weighted by molar-refractivity contribution is 7.90. The van der Waals surface area contributed by atoms with Crippen molar-refractivity contribution in [2.75, 3.05) is 13.7 Å². The van der Waals surface area contributed by atoms with Gasteiger partial charge in [0, 0.05) is 12.7 Å². The van der Waals surface area contributed by atoms with Crippen LogP contribution in [-0.2, 0) is 23.1 Å². The van der Waals surface area contributed by atoms with Crippen LogP contribution in [0.4, 0.5) is 0 Å². The number of amides is 2. The van der Waals surface area contributed by atoms with Gasteiger partial charge in [0.2, 0.25) is 0 Å². The number of rotatable bonds is 12. The number of aromatic carboxylic acids is 1. The number of pyridine rings is 1. The Hall–Kier alpha value is -4.94. The smallest absolute Gasteiger partial charge is 0.358 e. The van der Waals surface area contributed by atoms with Crippen molar-refractivity contribution in [1.82, 2.24) is 15.0 Å². The fourth-order valence-corrected chi connectivity index (χ4v) is 5.05. The molecule has 0 radical (unpaired) electrons. The molecule has 4 rings (SSSR count). The average molecular weight is 624 g/mol. The van der Waals surface area contributed by atoms with Crippen LogP contribution in [0.15, 0.2) is 90.0 Å². The summed E-state index contributed by atoms with van der Waals surface area (Å²) in [5, 5.41) is 12.5. The van der Waals surface area contributed by atoms with E-state index in [1.165, 1.54) is 25.3 Å². The van der Waals surface area contributed by atoms with Gasteiger partial charge in [0.1, 0.15) is 12.4 Å². The van der Waals surface area contributed by atoms with E-state index in [0.717, 1.165) is 23.4 Å². The van der Waals surface area contributed by atoms with Crippen LogP contribution < -0.4 is 19.5 Å². The van der Waals surface area contributed by atoms with Crippen molar-refractivity contribution in [3.63, 3.8) is 0 Å². The summed E-state index contributed by atoms with van der Waals surface area (Å²) in [5.41, 5.74) is 1.12. The molecule has 0 unspecified atom stereocenters. The molecule has 1 aromatic heterocycles. The van der Waals surface area contributed by atoms with E-state index in [4.69, 9.17) is 21.1 Å². The number of aromatic nitrogens is 1. The summed E-state index contributed by atoms with van der Waals surface area (Å²) in [6.07, 6.45) is 1.35. The molecule has 43 heavy (non-hydrogen) atoms. The van der Waals surface area contributed by atoms with Gasteiger partial charge in [-0.3, -0.25) is 9.59 Å². The molecule has 4 aromatic rings. The van der Waals surface area contributed by atoms with E-state index in [-0.39, 0.29) is 45.9 Å². The monoisotopic (exact) mass is 623 g/mol. The Morgan fingerprint density at radius 1 is 0.930 bits per heavy atom. The SMILES string of the molecule is COc1ccc(Cl)c(C(=O)NCCc2ccc(S(=O)(=O)NC(=O)c3cnc(C(=O)O)c(OCc4ccccc4)c3)cc2)c1. The van der Waals surface area contributed by atoms with Gasteiger partial charge in [-0.05, 0) is 53.9 Å². The van der Waals surface area contributed by atoms with Crippen LogP contribution in [0, 0.1) is 0 Å². The quantitative estimate of drug-likeness (QED) is 0.211. The maximum atomic E-state index is 12.9. The molecular weight excluding hydrogens is 598 g/mol. The first-order valence-corrected chi connectivity index (χ1v) is 14.6. The number of benzene rings is 3. The van der Waals surface area contributed by atoms with Crippen molar-refractivity contribution in [2.45, 2.75) is 17.9 Å². The lowest BCUT2D eigenvalue weighted by Crippen LogP contribution is -2.31. The molecule has 2 amide bonds. The van der Waals surface area contributed by atoms with Crippen molar-refractivity contribution >= 4 is 39.4 Å². The highest BCUT2D eigenvalue weighted by atomic mass is 35.5. The molecule has 0 aliphatic heterocycles. The third-order valence-electron chi connectivity index (χ3n) is 6.13. The lowest BCUT2D eigenvalue weighted by Gasteiger charge is -2.12. The summed E-state index contributed by atoms with van der Waals surface area (Å²) in [6, 6.07) is 20.6. The number of nitrogens with one attached hydrogen (secondary N) is 2. The number of sulfonamides is 1. The summed E-state index contributed by atoms with van der Waals surface area (Å²) in [7, 11) is -2.80. The summed E-state index contributed by atoms with van der Waals surface area (Å²) in [4.78, 5) is 40.5. The minimum Gasteiger partial charge on any atom is -0.497 e. The maximum Gasteiger partial charge on any atom is 0.358 e. The highest BCUT2D eigenvalue weighted by Crippen LogP contribution is 2.22. The molecule has 0 aliphatic rings. The van der Waals surface area contributed by atoms with Crippen molar-refractivity contribution in [3.8, 4) is 11.5 Å². The number of hydrogen-bond donors (Lipinski definition) is 3. The Morgan fingerprint density at radius 2 is 1.65 bits per heavy atom. The third-order valence-corrected chi connectivity index (χ3v) is 7.81. The van der Waals surface area contributed by atoms with Crippen LogP contribution in [0.25, 0.3) is 0 Å². The van der Waals surface area contributed by atoms with Crippen molar-refractivity contribution in [1.29, 1.82) is 0 Å². The fraction of sp³-hybridized carbons (Fsp3) is 0.133. The second-order valence-corrected chi connectivity index (χ2v) is 11.2. The first kappa shape index (κ1) is 31.0. The molecule has 222 valence electrons. The van der Waals surface area contributed by atoms with Crippen LogP contribution in [-0.4, -0.2) is 49.9 Å². The van der Waals surface area contributed by atoms with Crippen LogP contribution in [0.3, 0.4) is 0 Å². The van der Waals surface area contributed by atoms with E-state index >= 15 is 0 Å². The lowest BCUT2D eigenvalue weighted by molar-refractivity contribution is 0.0683. The van der Waals surface area contributed by atoms with Crippen LogP contribution in [0.5, 0.6) is 11.5 Å². The number of nitrogens with zero attached hydrogens (tertiary/aromatic N) is 1. The Kier molecular flexibility index (Phi) is 9.96. The second kappa shape index (κ2) is 13.8. The number of carbonyl (C=O) groups is 3. The second-order valence-electron chi connectivity index (χ2n) is 9.08. The molecule has 0 bridgehead atoms. The molecule has 0 saturated heterocycles. The van der Waals surface area contributed by atoms with Crippen LogP contribution >= 0.6 is 11.6 Å². The number of ether oxygens (including phenoxy) is 2. The van der Waals surface area contributed by atoms with E-state index in [1.54, 1.807) is 48.5 Å². The molecule has 1 heterocycles. The van der Waals surface area contributed by atoms with Crippen molar-refractivity contribution in [2.24, 2.45) is 0 Å². The number of hydrogen-bond acceptors (Lipinski definition) is 8. The summed E-state index contributed by atoms with van der Waals surface area (Å²) in [5.74, 6) is -2.47. The molecule has 13 heteroatoms. The molecule has 0 saturated carbocycles. The summed E-state index contributed by atoms with van der Waals surface area (Å²) >= 11 is 6.11. The first-order chi connectivity index (χ1) is 20.6. The number of methoxy groups -OCH3 is 1. The number of carboxylic acid groups (broad SMARTS) is 1. The van der Waals surface area contributed by atoms with Gasteiger partial charge < -0.3 is 19.9 Å². The van der Waals surface area contributed by atoms with Gasteiger partial charge in [-0.15, -0.1) is 0 Å². The summed E-state index contributed by atoms with van der Waals surface area (Å²) in [6.45, 7) is 0.264. The van der Waals surface area contributed by atoms with E-state index in [0.29, 0.717) is 12.2 Å². The zero-order chi connectivity index (χ0) is 31.0. The van der Waals surface area contributed by atoms with Gasteiger partial charge >= 0.3 is 5.97 Å². The van der Waals surface area contributed by atoms with E-state index in [9.17, 15) is 27.9 Å². The Bertz CT molecular complexity index is 1750. The number of carboxylic acids is 1. The molecule has 3 N–H and O–H groups in total. The predicted octanol–water partition coefficient (Wildman–Crippen LogP) is 4.11. The van der Waals surface area contributed by atoms with Crippen LogP contribution in [0.2, 0.25) is 5.02 Å². The van der Waals surface area contributed by atoms with Gasteiger partial charge in [-0.1, -0.05) is 54.1 Å². The number of halogens is 1. The molecule has 3 aromatic carbocycles. The zero-order valence-corrected chi connectivity index (χ0v) is 24.3. The zero-order valence-electron chi connectivity index (χ0n) is 22.7.